The number of aromatic nitrogens is 2. The van der Waals surface area contributed by atoms with Crippen molar-refractivity contribution < 1.29 is 14.7 Å². The summed E-state index contributed by atoms with van der Waals surface area (Å²) >= 11 is 0. The van der Waals surface area contributed by atoms with Crippen molar-refractivity contribution in [3.8, 4) is 0 Å². The molecule has 0 spiro atoms. The van der Waals surface area contributed by atoms with Crippen molar-refractivity contribution >= 4 is 11.9 Å². The van der Waals surface area contributed by atoms with Crippen molar-refractivity contribution in [2.24, 2.45) is 0 Å². The number of carbonyl (C=O) groups is 2. The van der Waals surface area contributed by atoms with Gasteiger partial charge in [-0.1, -0.05) is 24.3 Å². The first-order valence-corrected chi connectivity index (χ1v) is 8.83. The van der Waals surface area contributed by atoms with Crippen LogP contribution < -0.4 is 5.32 Å². The molecule has 0 bridgehead atoms. The van der Waals surface area contributed by atoms with E-state index in [4.69, 9.17) is 5.11 Å². The van der Waals surface area contributed by atoms with Gasteiger partial charge >= 0.3 is 5.97 Å². The number of rotatable bonds is 6. The van der Waals surface area contributed by atoms with E-state index in [0.717, 1.165) is 50.7 Å². The molecule has 1 amide bonds. The third kappa shape index (κ3) is 5.32. The van der Waals surface area contributed by atoms with Crippen LogP contribution >= 0.6 is 0 Å². The largest absolute Gasteiger partial charge is 0.476 e. The summed E-state index contributed by atoms with van der Waals surface area (Å²) in [5.74, 6) is -1.56. The van der Waals surface area contributed by atoms with Crippen molar-refractivity contribution in [2.45, 2.75) is 13.1 Å². The van der Waals surface area contributed by atoms with E-state index >= 15 is 0 Å². The SMILES string of the molecule is CN1CCN(Cc2ccc(CNC(=O)c3cnc(C(=O)O)cn3)cc2)CC1. The molecule has 1 aromatic carbocycles. The number of aromatic carboxylic acids is 1. The van der Waals surface area contributed by atoms with Crippen LogP contribution in [0.5, 0.6) is 0 Å². The molecule has 8 heteroatoms. The molecule has 0 unspecified atom stereocenters. The van der Waals surface area contributed by atoms with Crippen LogP contribution in [0.25, 0.3) is 0 Å². The van der Waals surface area contributed by atoms with Crippen LogP contribution in [0.1, 0.15) is 32.1 Å². The van der Waals surface area contributed by atoms with E-state index in [-0.39, 0.29) is 17.3 Å². The Morgan fingerprint density at radius 3 is 2.19 bits per heavy atom. The first-order chi connectivity index (χ1) is 13.0. The van der Waals surface area contributed by atoms with Crippen LogP contribution in [-0.2, 0) is 13.1 Å². The highest BCUT2D eigenvalue weighted by molar-refractivity contribution is 5.92. The Kier molecular flexibility index (Phi) is 6.10. The first kappa shape index (κ1) is 18.9. The zero-order valence-electron chi connectivity index (χ0n) is 15.3. The van der Waals surface area contributed by atoms with E-state index in [9.17, 15) is 9.59 Å². The standard InChI is InChI=1S/C19H23N5O3/c1-23-6-8-24(9-7-23)13-15-4-2-14(3-5-15)10-22-18(25)16-11-21-17(12-20-16)19(26)27/h2-5,11-12H,6-10,13H2,1H3,(H,22,25)(H,26,27). The van der Waals surface area contributed by atoms with E-state index < -0.39 is 5.97 Å². The van der Waals surface area contributed by atoms with Crippen molar-refractivity contribution in [1.82, 2.24) is 25.1 Å². The van der Waals surface area contributed by atoms with Gasteiger partial charge in [0.15, 0.2) is 5.69 Å². The maximum absolute atomic E-state index is 12.1. The monoisotopic (exact) mass is 369 g/mol. The number of likely N-dealkylation sites (N-methyl/N-ethyl adjacent to an activating group) is 1. The zero-order valence-corrected chi connectivity index (χ0v) is 15.3. The molecule has 142 valence electrons. The van der Waals surface area contributed by atoms with Gasteiger partial charge in [-0.2, -0.15) is 0 Å². The van der Waals surface area contributed by atoms with Crippen LogP contribution in [0.2, 0.25) is 0 Å². The molecular weight excluding hydrogens is 346 g/mol. The molecule has 0 atom stereocenters. The smallest absolute Gasteiger partial charge is 0.356 e. The van der Waals surface area contributed by atoms with Crippen molar-refractivity contribution in [3.63, 3.8) is 0 Å². The fraction of sp³-hybridized carbons (Fsp3) is 0.368. The number of carboxylic acids is 1. The van der Waals surface area contributed by atoms with Crippen LogP contribution in [0, 0.1) is 0 Å². The van der Waals surface area contributed by atoms with E-state index in [1.54, 1.807) is 0 Å². The number of hydrogen-bond donors (Lipinski definition) is 2. The maximum Gasteiger partial charge on any atom is 0.356 e. The second-order valence-corrected chi connectivity index (χ2v) is 6.67. The summed E-state index contributed by atoms with van der Waals surface area (Å²) in [5, 5.41) is 11.6. The lowest BCUT2D eigenvalue weighted by Crippen LogP contribution is -2.43. The van der Waals surface area contributed by atoms with E-state index in [2.05, 4.69) is 44.3 Å². The van der Waals surface area contributed by atoms with Gasteiger partial charge in [-0.15, -0.1) is 0 Å². The lowest BCUT2D eigenvalue weighted by atomic mass is 10.1. The normalized spacial score (nSPS) is 15.4. The number of nitrogens with zero attached hydrogens (tertiary/aromatic N) is 4. The van der Waals surface area contributed by atoms with Crippen molar-refractivity contribution in [2.75, 3.05) is 33.2 Å². The lowest BCUT2D eigenvalue weighted by Gasteiger charge is -2.32. The minimum Gasteiger partial charge on any atom is -0.476 e. The van der Waals surface area contributed by atoms with Crippen LogP contribution in [-0.4, -0.2) is 70.0 Å². The molecule has 2 aromatic rings. The predicted molar refractivity (Wildman–Crippen MR) is 99.4 cm³/mol. The van der Waals surface area contributed by atoms with Crippen molar-refractivity contribution in [1.29, 1.82) is 0 Å². The Labute approximate surface area is 157 Å². The van der Waals surface area contributed by atoms with Gasteiger partial charge in [0.2, 0.25) is 0 Å². The van der Waals surface area contributed by atoms with Gasteiger partial charge in [0.05, 0.1) is 12.4 Å². The minimum absolute atomic E-state index is 0.0895. The molecule has 0 saturated carbocycles. The molecule has 1 fully saturated rings. The molecule has 2 heterocycles. The van der Waals surface area contributed by atoms with Gasteiger partial charge in [-0.25, -0.2) is 14.8 Å². The highest BCUT2D eigenvalue weighted by atomic mass is 16.4. The number of benzene rings is 1. The Morgan fingerprint density at radius 1 is 1.00 bits per heavy atom. The van der Waals surface area contributed by atoms with Crippen LogP contribution in [0.4, 0.5) is 0 Å². The lowest BCUT2D eigenvalue weighted by molar-refractivity contribution is 0.0689. The molecule has 0 radical (unpaired) electrons. The van der Waals surface area contributed by atoms with Gasteiger partial charge < -0.3 is 15.3 Å². The summed E-state index contributed by atoms with van der Waals surface area (Å²) in [6, 6.07) is 8.18. The summed E-state index contributed by atoms with van der Waals surface area (Å²) < 4.78 is 0. The second-order valence-electron chi connectivity index (χ2n) is 6.67. The number of amides is 1. The first-order valence-electron chi connectivity index (χ1n) is 8.83. The molecule has 1 aliphatic heterocycles. The minimum atomic E-state index is -1.17. The van der Waals surface area contributed by atoms with Gasteiger partial charge in [-0.05, 0) is 18.2 Å². The molecule has 1 aromatic heterocycles. The highest BCUT2D eigenvalue weighted by Gasteiger charge is 2.14. The molecule has 1 aliphatic rings. The number of hydrogen-bond acceptors (Lipinski definition) is 6. The molecule has 27 heavy (non-hydrogen) atoms. The number of piperazine rings is 1. The Balaban J connectivity index is 1.49. The molecule has 3 rings (SSSR count). The number of carboxylic acid groups (broad SMARTS) is 1. The average Bonchev–Trinajstić information content (AvgIpc) is 2.69. The maximum atomic E-state index is 12.1. The third-order valence-electron chi connectivity index (χ3n) is 4.58. The fourth-order valence-corrected chi connectivity index (χ4v) is 2.86. The van der Waals surface area contributed by atoms with Crippen LogP contribution in [0.3, 0.4) is 0 Å². The third-order valence-corrected chi connectivity index (χ3v) is 4.58. The highest BCUT2D eigenvalue weighted by Crippen LogP contribution is 2.10. The molecule has 8 nitrogen and oxygen atoms in total. The quantitative estimate of drug-likeness (QED) is 0.779. The summed E-state index contributed by atoms with van der Waals surface area (Å²) in [6.07, 6.45) is 2.24. The van der Waals surface area contributed by atoms with E-state index in [0.29, 0.717) is 6.54 Å². The van der Waals surface area contributed by atoms with Gasteiger partial charge in [-0.3, -0.25) is 9.69 Å². The molecule has 1 saturated heterocycles. The Morgan fingerprint density at radius 2 is 1.59 bits per heavy atom. The summed E-state index contributed by atoms with van der Waals surface area (Å²) in [7, 11) is 2.15. The van der Waals surface area contributed by atoms with Crippen LogP contribution in [0.15, 0.2) is 36.7 Å². The average molecular weight is 369 g/mol. The van der Waals surface area contributed by atoms with E-state index in [1.807, 2.05) is 12.1 Å². The molecule has 2 N–H and O–H groups in total. The number of carbonyl (C=O) groups excluding carboxylic acids is 1. The van der Waals surface area contributed by atoms with Crippen molar-refractivity contribution in [3.05, 3.63) is 59.2 Å². The second kappa shape index (κ2) is 8.70. The Bertz CT molecular complexity index is 784. The zero-order chi connectivity index (χ0) is 19.2. The summed E-state index contributed by atoms with van der Waals surface area (Å²) in [6.45, 7) is 5.66. The van der Waals surface area contributed by atoms with Gasteiger partial charge in [0.1, 0.15) is 5.69 Å². The molecular formula is C19H23N5O3. The topological polar surface area (TPSA) is 98.7 Å². The summed E-state index contributed by atoms with van der Waals surface area (Å²) in [4.78, 5) is 35.1. The fourth-order valence-electron chi connectivity index (χ4n) is 2.86. The van der Waals surface area contributed by atoms with Gasteiger partial charge in [0, 0.05) is 39.3 Å². The summed E-state index contributed by atoms with van der Waals surface area (Å²) in [5.41, 5.74) is 2.14. The van der Waals surface area contributed by atoms with E-state index in [1.165, 1.54) is 5.56 Å². The Hall–Kier alpha value is -2.84. The molecule has 0 aliphatic carbocycles. The predicted octanol–water partition coefficient (Wildman–Crippen LogP) is 0.852. The van der Waals surface area contributed by atoms with Gasteiger partial charge in [0.25, 0.3) is 5.91 Å². The number of nitrogens with one attached hydrogen (secondary N) is 1.